The van der Waals surface area contributed by atoms with Gasteiger partial charge in [0.2, 0.25) is 0 Å². The molecule has 1 aromatic carbocycles. The zero-order valence-corrected chi connectivity index (χ0v) is 12.8. The predicted molar refractivity (Wildman–Crippen MR) is 86.9 cm³/mol. The molecule has 120 valence electrons. The number of hydrogen-bond acceptors (Lipinski definition) is 3. The molecule has 1 unspecified atom stereocenters. The highest BCUT2D eigenvalue weighted by Gasteiger charge is 2.10. The number of carbonyl (C=O) groups excluding carboxylic acids is 2. The van der Waals surface area contributed by atoms with E-state index >= 15 is 0 Å². The fraction of sp³-hybridized carbons (Fsp3) is 0.375. The van der Waals surface area contributed by atoms with Crippen LogP contribution in [0.1, 0.15) is 30.1 Å². The van der Waals surface area contributed by atoms with E-state index in [1.807, 2.05) is 6.92 Å². The van der Waals surface area contributed by atoms with Crippen LogP contribution in [-0.2, 0) is 0 Å². The number of carbonyl (C=O) groups is 2. The summed E-state index contributed by atoms with van der Waals surface area (Å²) in [7, 11) is 0. The number of benzene rings is 1. The smallest absolute Gasteiger partial charge is 0.319 e. The fourth-order valence-electron chi connectivity index (χ4n) is 1.86. The molecule has 0 saturated heterocycles. The van der Waals surface area contributed by atoms with Crippen LogP contribution in [0.5, 0.6) is 0 Å². The van der Waals surface area contributed by atoms with Gasteiger partial charge in [0.15, 0.2) is 0 Å². The SMILES string of the molecule is C=CCNC(=O)c1ccc(NC(=O)NC(CC)CCO)cc1. The van der Waals surface area contributed by atoms with Gasteiger partial charge < -0.3 is 21.1 Å². The van der Waals surface area contributed by atoms with Crippen molar-refractivity contribution in [2.24, 2.45) is 0 Å². The normalized spacial score (nSPS) is 11.4. The van der Waals surface area contributed by atoms with Crippen molar-refractivity contribution in [2.75, 3.05) is 18.5 Å². The summed E-state index contributed by atoms with van der Waals surface area (Å²) in [4.78, 5) is 23.5. The Morgan fingerprint density at radius 2 is 2.00 bits per heavy atom. The highest BCUT2D eigenvalue weighted by atomic mass is 16.3. The van der Waals surface area contributed by atoms with Gasteiger partial charge in [-0.25, -0.2) is 4.79 Å². The Morgan fingerprint density at radius 3 is 2.55 bits per heavy atom. The lowest BCUT2D eigenvalue weighted by Crippen LogP contribution is -2.38. The fourth-order valence-corrected chi connectivity index (χ4v) is 1.86. The molecule has 0 bridgehead atoms. The van der Waals surface area contributed by atoms with Crippen LogP contribution < -0.4 is 16.0 Å². The second-order valence-corrected chi connectivity index (χ2v) is 4.79. The maximum absolute atomic E-state index is 11.8. The maximum Gasteiger partial charge on any atom is 0.319 e. The van der Waals surface area contributed by atoms with E-state index in [4.69, 9.17) is 5.11 Å². The highest BCUT2D eigenvalue weighted by Crippen LogP contribution is 2.09. The van der Waals surface area contributed by atoms with Crippen molar-refractivity contribution in [3.05, 3.63) is 42.5 Å². The minimum absolute atomic E-state index is 0.0350. The molecule has 3 amide bonds. The van der Waals surface area contributed by atoms with Crippen LogP contribution in [0.15, 0.2) is 36.9 Å². The number of nitrogens with one attached hydrogen (secondary N) is 3. The summed E-state index contributed by atoms with van der Waals surface area (Å²) in [6.07, 6.45) is 2.87. The summed E-state index contributed by atoms with van der Waals surface area (Å²) in [6.45, 7) is 5.92. The standard InChI is InChI=1S/C16H23N3O3/c1-3-10-17-15(21)12-5-7-14(8-6-12)19-16(22)18-13(4-2)9-11-20/h3,5-8,13,20H,1,4,9-11H2,2H3,(H,17,21)(H2,18,19,22). The first kappa shape index (κ1) is 17.7. The van der Waals surface area contributed by atoms with E-state index in [-0.39, 0.29) is 24.6 Å². The second kappa shape index (κ2) is 9.57. The second-order valence-electron chi connectivity index (χ2n) is 4.79. The van der Waals surface area contributed by atoms with Crippen LogP contribution in [0.4, 0.5) is 10.5 Å². The van der Waals surface area contributed by atoms with Crippen molar-refractivity contribution in [1.82, 2.24) is 10.6 Å². The number of hydrogen-bond donors (Lipinski definition) is 4. The molecule has 0 aliphatic carbocycles. The molecule has 4 N–H and O–H groups in total. The van der Waals surface area contributed by atoms with Gasteiger partial charge in [-0.1, -0.05) is 13.0 Å². The summed E-state index contributed by atoms with van der Waals surface area (Å²) in [5, 5.41) is 17.1. The third kappa shape index (κ3) is 5.97. The van der Waals surface area contributed by atoms with Crippen LogP contribution in [0.25, 0.3) is 0 Å². The Labute approximate surface area is 130 Å². The van der Waals surface area contributed by atoms with Gasteiger partial charge in [-0.15, -0.1) is 6.58 Å². The lowest BCUT2D eigenvalue weighted by molar-refractivity contribution is 0.0958. The maximum atomic E-state index is 11.8. The van der Waals surface area contributed by atoms with Crippen molar-refractivity contribution >= 4 is 17.6 Å². The van der Waals surface area contributed by atoms with Gasteiger partial charge >= 0.3 is 6.03 Å². The lowest BCUT2D eigenvalue weighted by atomic mass is 10.1. The van der Waals surface area contributed by atoms with Crippen molar-refractivity contribution in [3.63, 3.8) is 0 Å². The van der Waals surface area contributed by atoms with Gasteiger partial charge in [-0.3, -0.25) is 4.79 Å². The van der Waals surface area contributed by atoms with E-state index in [2.05, 4.69) is 22.5 Å². The summed E-state index contributed by atoms with van der Waals surface area (Å²) >= 11 is 0. The molecular formula is C16H23N3O3. The molecule has 0 spiro atoms. The van der Waals surface area contributed by atoms with Crippen molar-refractivity contribution in [2.45, 2.75) is 25.8 Å². The zero-order chi connectivity index (χ0) is 16.4. The van der Waals surface area contributed by atoms with Crippen LogP contribution in [0.3, 0.4) is 0 Å². The Bertz CT molecular complexity index is 500. The molecule has 22 heavy (non-hydrogen) atoms. The third-order valence-electron chi connectivity index (χ3n) is 3.12. The van der Waals surface area contributed by atoms with Gasteiger partial charge in [-0.2, -0.15) is 0 Å². The first-order chi connectivity index (χ1) is 10.6. The van der Waals surface area contributed by atoms with E-state index in [9.17, 15) is 9.59 Å². The van der Waals surface area contributed by atoms with Gasteiger partial charge in [-0.05, 0) is 37.1 Å². The van der Waals surface area contributed by atoms with Crippen LogP contribution in [0.2, 0.25) is 0 Å². The molecule has 6 nitrogen and oxygen atoms in total. The minimum Gasteiger partial charge on any atom is -0.396 e. The van der Waals surface area contributed by atoms with Gasteiger partial charge in [0.05, 0.1) is 0 Å². The summed E-state index contributed by atoms with van der Waals surface area (Å²) < 4.78 is 0. The summed E-state index contributed by atoms with van der Waals surface area (Å²) in [5.74, 6) is -0.190. The van der Waals surface area contributed by atoms with E-state index in [1.54, 1.807) is 30.3 Å². The summed E-state index contributed by atoms with van der Waals surface area (Å²) in [5.41, 5.74) is 1.11. The molecule has 0 saturated carbocycles. The Kier molecular flexibility index (Phi) is 7.70. The molecule has 6 heteroatoms. The first-order valence-corrected chi connectivity index (χ1v) is 7.28. The lowest BCUT2D eigenvalue weighted by Gasteiger charge is -2.16. The first-order valence-electron chi connectivity index (χ1n) is 7.28. The Balaban J connectivity index is 2.54. The monoisotopic (exact) mass is 305 g/mol. The third-order valence-corrected chi connectivity index (χ3v) is 3.12. The van der Waals surface area contributed by atoms with Crippen LogP contribution in [-0.4, -0.2) is 36.2 Å². The molecule has 1 atom stereocenters. The molecule has 1 aromatic rings. The number of urea groups is 1. The molecular weight excluding hydrogens is 282 g/mol. The van der Waals surface area contributed by atoms with E-state index < -0.39 is 0 Å². The Hall–Kier alpha value is -2.34. The Morgan fingerprint density at radius 1 is 1.32 bits per heavy atom. The van der Waals surface area contributed by atoms with E-state index in [0.717, 1.165) is 6.42 Å². The minimum atomic E-state index is -0.329. The molecule has 0 radical (unpaired) electrons. The topological polar surface area (TPSA) is 90.5 Å². The van der Waals surface area contributed by atoms with Gasteiger partial charge in [0, 0.05) is 30.4 Å². The number of aliphatic hydroxyl groups is 1. The number of amides is 3. The van der Waals surface area contributed by atoms with Crippen LogP contribution >= 0.6 is 0 Å². The molecule has 1 rings (SSSR count). The van der Waals surface area contributed by atoms with Crippen molar-refractivity contribution < 1.29 is 14.7 Å². The largest absolute Gasteiger partial charge is 0.396 e. The molecule has 0 aromatic heterocycles. The quantitative estimate of drug-likeness (QED) is 0.553. The van der Waals surface area contributed by atoms with Gasteiger partial charge in [0.1, 0.15) is 0 Å². The number of aliphatic hydroxyl groups excluding tert-OH is 1. The predicted octanol–water partition coefficient (Wildman–Crippen LogP) is 1.88. The zero-order valence-electron chi connectivity index (χ0n) is 12.8. The van der Waals surface area contributed by atoms with E-state index in [1.165, 1.54) is 0 Å². The number of anilines is 1. The van der Waals surface area contributed by atoms with Crippen molar-refractivity contribution in [1.29, 1.82) is 0 Å². The molecule has 0 fully saturated rings. The van der Waals surface area contributed by atoms with Crippen LogP contribution in [0, 0.1) is 0 Å². The van der Waals surface area contributed by atoms with Gasteiger partial charge in [0.25, 0.3) is 5.91 Å². The average molecular weight is 305 g/mol. The summed E-state index contributed by atoms with van der Waals surface area (Å²) in [6, 6.07) is 6.21. The molecule has 0 heterocycles. The molecule has 0 aliphatic rings. The molecule has 0 aliphatic heterocycles. The van der Waals surface area contributed by atoms with Crippen molar-refractivity contribution in [3.8, 4) is 0 Å². The van der Waals surface area contributed by atoms with E-state index in [0.29, 0.717) is 24.2 Å². The average Bonchev–Trinajstić information content (AvgIpc) is 2.52. The number of rotatable bonds is 8. The highest BCUT2D eigenvalue weighted by molar-refractivity contribution is 5.95.